The second-order valence-electron chi connectivity index (χ2n) is 7.51. The number of amides is 1. The fourth-order valence-corrected chi connectivity index (χ4v) is 4.29. The zero-order valence-electron chi connectivity index (χ0n) is 15.8. The lowest BCUT2D eigenvalue weighted by Crippen LogP contribution is -2.61. The van der Waals surface area contributed by atoms with Crippen LogP contribution in [-0.4, -0.2) is 51.5 Å². The number of H-pyrrole nitrogens is 1. The van der Waals surface area contributed by atoms with Crippen LogP contribution in [0, 0.1) is 0 Å². The number of nitrogens with one attached hydrogen (secondary N) is 1. The first kappa shape index (κ1) is 20.0. The zero-order chi connectivity index (χ0) is 20.7. The van der Waals surface area contributed by atoms with Crippen molar-refractivity contribution in [2.75, 3.05) is 19.6 Å². The van der Waals surface area contributed by atoms with Gasteiger partial charge in [0.15, 0.2) is 5.43 Å². The summed E-state index contributed by atoms with van der Waals surface area (Å²) in [5, 5.41) is 10.8. The number of carbonyl (C=O) groups is 1. The minimum atomic E-state index is -0.0493. The number of pyridine rings is 1. The summed E-state index contributed by atoms with van der Waals surface area (Å²) in [7, 11) is 0. The van der Waals surface area contributed by atoms with Crippen LogP contribution in [-0.2, 0) is 24.2 Å². The van der Waals surface area contributed by atoms with Crippen molar-refractivity contribution in [3.8, 4) is 5.75 Å². The second kappa shape index (κ2) is 7.86. The monoisotopic (exact) mass is 433 g/mol. The molecule has 1 saturated heterocycles. The molecule has 0 aliphatic carbocycles. The Hall–Kier alpha value is -2.28. The largest absolute Gasteiger partial charge is 0.508 e. The van der Waals surface area contributed by atoms with Crippen molar-refractivity contribution in [3.05, 3.63) is 73.6 Å². The maximum Gasteiger partial charge on any atom is 0.246 e. The number of aromatic amines is 1. The summed E-state index contributed by atoms with van der Waals surface area (Å²) < 4.78 is 0. The van der Waals surface area contributed by atoms with Crippen LogP contribution < -0.4 is 5.43 Å². The van der Waals surface area contributed by atoms with E-state index in [1.165, 1.54) is 12.1 Å². The predicted octanol–water partition coefficient (Wildman–Crippen LogP) is 2.73. The molecule has 2 aliphatic rings. The maximum atomic E-state index is 12.7. The molecule has 8 heteroatoms. The van der Waals surface area contributed by atoms with Crippen LogP contribution in [0.4, 0.5) is 0 Å². The van der Waals surface area contributed by atoms with Crippen molar-refractivity contribution in [2.45, 2.75) is 25.4 Å². The SMILES string of the molecule is C=CC(=O)N1CC(N2CCc3[nH]c(Cc4cc(Cl)c(Cl)cc4O)cc(=O)c3C2)C1. The number of phenols is 1. The molecule has 0 radical (unpaired) electrons. The number of benzene rings is 1. The summed E-state index contributed by atoms with van der Waals surface area (Å²) >= 11 is 12.0. The van der Waals surface area contributed by atoms with Crippen LogP contribution >= 0.6 is 23.2 Å². The van der Waals surface area contributed by atoms with Crippen molar-refractivity contribution in [3.63, 3.8) is 0 Å². The zero-order valence-corrected chi connectivity index (χ0v) is 17.3. The van der Waals surface area contributed by atoms with Crippen LogP contribution in [0.25, 0.3) is 0 Å². The average molecular weight is 434 g/mol. The number of carbonyl (C=O) groups excluding carboxylic acids is 1. The van der Waals surface area contributed by atoms with E-state index in [4.69, 9.17) is 23.2 Å². The summed E-state index contributed by atoms with van der Waals surface area (Å²) in [4.78, 5) is 31.7. The van der Waals surface area contributed by atoms with Gasteiger partial charge in [0.1, 0.15) is 5.75 Å². The lowest BCUT2D eigenvalue weighted by molar-refractivity contribution is -0.133. The van der Waals surface area contributed by atoms with E-state index in [0.29, 0.717) is 36.6 Å². The molecule has 0 spiro atoms. The van der Waals surface area contributed by atoms with Gasteiger partial charge >= 0.3 is 0 Å². The topological polar surface area (TPSA) is 76.6 Å². The molecule has 0 bridgehead atoms. The first-order chi connectivity index (χ1) is 13.9. The lowest BCUT2D eigenvalue weighted by atomic mass is 9.98. The van der Waals surface area contributed by atoms with Crippen LogP contribution in [0.2, 0.25) is 10.0 Å². The second-order valence-corrected chi connectivity index (χ2v) is 8.32. The number of likely N-dealkylation sites (tertiary alicyclic amines) is 1. The van der Waals surface area contributed by atoms with Gasteiger partial charge in [0.25, 0.3) is 0 Å². The molecular formula is C21H21Cl2N3O3. The third-order valence-corrected chi connectivity index (χ3v) is 6.38. The third-order valence-electron chi connectivity index (χ3n) is 5.66. The molecule has 0 saturated carbocycles. The highest BCUT2D eigenvalue weighted by Crippen LogP contribution is 2.31. The quantitative estimate of drug-likeness (QED) is 0.726. The Morgan fingerprint density at radius 2 is 2.00 bits per heavy atom. The molecule has 0 unspecified atom stereocenters. The smallest absolute Gasteiger partial charge is 0.246 e. The molecule has 2 N–H and O–H groups in total. The van der Waals surface area contributed by atoms with Crippen molar-refractivity contribution in [1.29, 1.82) is 0 Å². The van der Waals surface area contributed by atoms with Crippen LogP contribution in [0.5, 0.6) is 5.75 Å². The molecule has 1 aromatic heterocycles. The summed E-state index contributed by atoms with van der Waals surface area (Å²) in [6, 6.07) is 4.89. The van der Waals surface area contributed by atoms with E-state index in [1.54, 1.807) is 17.0 Å². The Labute approximate surface area is 178 Å². The van der Waals surface area contributed by atoms with E-state index in [9.17, 15) is 14.7 Å². The Morgan fingerprint density at radius 3 is 2.72 bits per heavy atom. The van der Waals surface area contributed by atoms with E-state index in [2.05, 4.69) is 16.5 Å². The van der Waals surface area contributed by atoms with Crippen molar-refractivity contribution in [2.24, 2.45) is 0 Å². The van der Waals surface area contributed by atoms with Gasteiger partial charge in [-0.15, -0.1) is 0 Å². The molecular weight excluding hydrogens is 413 g/mol. The van der Waals surface area contributed by atoms with Gasteiger partial charge in [-0.2, -0.15) is 0 Å². The van der Waals surface area contributed by atoms with Crippen molar-refractivity contribution in [1.82, 2.24) is 14.8 Å². The first-order valence-electron chi connectivity index (χ1n) is 9.42. The van der Waals surface area contributed by atoms with Crippen molar-refractivity contribution >= 4 is 29.1 Å². The van der Waals surface area contributed by atoms with Gasteiger partial charge in [0.05, 0.1) is 10.0 Å². The fraction of sp³-hybridized carbons (Fsp3) is 0.333. The molecule has 0 atom stereocenters. The highest BCUT2D eigenvalue weighted by atomic mass is 35.5. The molecule has 2 aliphatic heterocycles. The van der Waals surface area contributed by atoms with E-state index in [-0.39, 0.29) is 28.1 Å². The number of rotatable bonds is 4. The number of halogens is 2. The summed E-state index contributed by atoms with van der Waals surface area (Å²) in [5.41, 5.74) is 3.01. The number of hydrogen-bond donors (Lipinski definition) is 2. The van der Waals surface area contributed by atoms with Gasteiger partial charge in [0, 0.05) is 79.7 Å². The molecule has 1 fully saturated rings. The number of aromatic nitrogens is 1. The molecule has 152 valence electrons. The number of phenolic OH excluding ortho intramolecular Hbond substituents is 1. The van der Waals surface area contributed by atoms with Gasteiger partial charge in [-0.05, 0) is 12.1 Å². The number of fused-ring (bicyclic) bond motifs is 1. The normalized spacial score (nSPS) is 17.0. The standard InChI is InChI=1S/C21H21Cl2N3O3/c1-2-21(29)26-9-14(10-26)25-4-3-18-15(11-25)20(28)7-13(24-18)5-12-6-16(22)17(23)8-19(12)27/h2,6-8,14,27H,1,3-5,9-11H2,(H,24,28). The number of nitrogens with zero attached hydrogens (tertiary/aromatic N) is 2. The Balaban J connectivity index is 1.49. The Bertz CT molecular complexity index is 1040. The fourth-order valence-electron chi connectivity index (χ4n) is 3.95. The van der Waals surface area contributed by atoms with E-state index >= 15 is 0 Å². The summed E-state index contributed by atoms with van der Waals surface area (Å²) in [6.07, 6.45) is 2.42. The van der Waals surface area contributed by atoms with E-state index in [0.717, 1.165) is 29.9 Å². The van der Waals surface area contributed by atoms with Gasteiger partial charge in [-0.1, -0.05) is 29.8 Å². The molecule has 4 rings (SSSR count). The summed E-state index contributed by atoms with van der Waals surface area (Å²) in [6.45, 7) is 6.26. The Kier molecular flexibility index (Phi) is 5.42. The van der Waals surface area contributed by atoms with Crippen molar-refractivity contribution < 1.29 is 9.90 Å². The molecule has 2 aromatic rings. The predicted molar refractivity (Wildman–Crippen MR) is 113 cm³/mol. The number of hydrogen-bond acceptors (Lipinski definition) is 4. The molecule has 6 nitrogen and oxygen atoms in total. The number of aromatic hydroxyl groups is 1. The average Bonchev–Trinajstić information content (AvgIpc) is 2.65. The summed E-state index contributed by atoms with van der Waals surface area (Å²) in [5.74, 6) is -0.000502. The highest BCUT2D eigenvalue weighted by molar-refractivity contribution is 6.42. The van der Waals surface area contributed by atoms with Crippen LogP contribution in [0.3, 0.4) is 0 Å². The highest BCUT2D eigenvalue weighted by Gasteiger charge is 2.35. The molecule has 1 aromatic carbocycles. The van der Waals surface area contributed by atoms with Crippen LogP contribution in [0.15, 0.2) is 35.6 Å². The minimum Gasteiger partial charge on any atom is -0.508 e. The minimum absolute atomic E-state index is 0.0173. The van der Waals surface area contributed by atoms with Gasteiger partial charge in [0.2, 0.25) is 5.91 Å². The van der Waals surface area contributed by atoms with E-state index < -0.39 is 0 Å². The van der Waals surface area contributed by atoms with Gasteiger partial charge < -0.3 is 15.0 Å². The maximum absolute atomic E-state index is 12.7. The van der Waals surface area contributed by atoms with E-state index in [1.807, 2.05) is 0 Å². The van der Waals surface area contributed by atoms with Gasteiger partial charge in [-0.3, -0.25) is 14.5 Å². The van der Waals surface area contributed by atoms with Crippen LogP contribution in [0.1, 0.15) is 22.5 Å². The van der Waals surface area contributed by atoms with Gasteiger partial charge in [-0.25, -0.2) is 0 Å². The third kappa shape index (κ3) is 3.92. The molecule has 1 amide bonds. The molecule has 29 heavy (non-hydrogen) atoms. The molecule has 3 heterocycles. The first-order valence-corrected chi connectivity index (χ1v) is 10.2. The lowest BCUT2D eigenvalue weighted by Gasteiger charge is -2.46. The Morgan fingerprint density at radius 1 is 1.28 bits per heavy atom.